The minimum absolute atomic E-state index is 0.197. The molecule has 1 amide bonds. The summed E-state index contributed by atoms with van der Waals surface area (Å²) in [7, 11) is 1.74. The van der Waals surface area contributed by atoms with Gasteiger partial charge in [-0.3, -0.25) is 4.79 Å². The van der Waals surface area contributed by atoms with Gasteiger partial charge >= 0.3 is 5.97 Å². The van der Waals surface area contributed by atoms with Crippen LogP contribution < -0.4 is 10.6 Å². The number of carboxylic acid groups (broad SMARTS) is 1. The Balaban J connectivity index is 5.34. The third kappa shape index (κ3) is 6.58. The van der Waals surface area contributed by atoms with Crippen molar-refractivity contribution in [3.8, 4) is 0 Å². The molecule has 3 N–H and O–H groups in total. The van der Waals surface area contributed by atoms with Crippen LogP contribution >= 0.6 is 0 Å². The van der Waals surface area contributed by atoms with E-state index in [0.717, 1.165) is 11.1 Å². The van der Waals surface area contributed by atoms with E-state index in [9.17, 15) is 9.59 Å². The van der Waals surface area contributed by atoms with Crippen LogP contribution in [0.3, 0.4) is 0 Å². The Morgan fingerprint density at radius 1 is 1.30 bits per heavy atom. The first-order valence-electron chi connectivity index (χ1n) is 6.35. The molecule has 0 saturated carbocycles. The van der Waals surface area contributed by atoms with E-state index in [1.807, 2.05) is 44.2 Å². The Morgan fingerprint density at radius 3 is 2.45 bits per heavy atom. The second-order valence-corrected chi connectivity index (χ2v) is 3.99. The fraction of sp³-hybridized carbons (Fsp3) is 0.333. The van der Waals surface area contributed by atoms with Crippen LogP contribution in [0.15, 0.2) is 47.7 Å². The highest BCUT2D eigenvalue weighted by atomic mass is 16.4. The smallest absolute Gasteiger partial charge is 0.326 e. The predicted octanol–water partition coefficient (Wildman–Crippen LogP) is 1.76. The van der Waals surface area contributed by atoms with Gasteiger partial charge in [-0.15, -0.1) is 0 Å². The van der Waals surface area contributed by atoms with Gasteiger partial charge in [-0.25, -0.2) is 4.79 Å². The van der Waals surface area contributed by atoms with Crippen molar-refractivity contribution in [3.05, 3.63) is 47.7 Å². The van der Waals surface area contributed by atoms with Crippen LogP contribution in [0.2, 0.25) is 0 Å². The zero-order valence-corrected chi connectivity index (χ0v) is 12.1. The summed E-state index contributed by atoms with van der Waals surface area (Å²) in [4.78, 5) is 21.6. The van der Waals surface area contributed by atoms with Crippen molar-refractivity contribution in [3.63, 3.8) is 0 Å². The Bertz CT molecular complexity index is 434. The largest absolute Gasteiger partial charge is 0.480 e. The summed E-state index contributed by atoms with van der Waals surface area (Å²) in [5, 5.41) is 14.3. The van der Waals surface area contributed by atoms with E-state index in [-0.39, 0.29) is 6.42 Å². The second-order valence-electron chi connectivity index (χ2n) is 3.99. The highest BCUT2D eigenvalue weighted by Gasteiger charge is 2.19. The SMILES string of the molecule is C\C=C/C=C(\C=C/C)C(=C\NC)/C[C@H](NC=O)C(=O)O. The first-order chi connectivity index (χ1) is 9.60. The van der Waals surface area contributed by atoms with E-state index < -0.39 is 12.0 Å². The summed E-state index contributed by atoms with van der Waals surface area (Å²) in [5.41, 5.74) is 1.68. The lowest BCUT2D eigenvalue weighted by Crippen LogP contribution is -2.36. The lowest BCUT2D eigenvalue weighted by atomic mass is 9.98. The summed E-state index contributed by atoms with van der Waals surface area (Å²) in [6.07, 6.45) is 11.8. The molecule has 0 radical (unpaired) electrons. The number of nitrogens with one attached hydrogen (secondary N) is 2. The molecule has 110 valence electrons. The van der Waals surface area contributed by atoms with Gasteiger partial charge in [-0.2, -0.15) is 0 Å². The number of carbonyl (C=O) groups is 2. The molecule has 0 rings (SSSR count). The van der Waals surface area contributed by atoms with Gasteiger partial charge in [0.1, 0.15) is 6.04 Å². The minimum Gasteiger partial charge on any atom is -0.480 e. The fourth-order valence-corrected chi connectivity index (χ4v) is 1.60. The summed E-state index contributed by atoms with van der Waals surface area (Å²) in [5.74, 6) is -1.06. The van der Waals surface area contributed by atoms with Crippen molar-refractivity contribution in [1.82, 2.24) is 10.6 Å². The number of carboxylic acids is 1. The summed E-state index contributed by atoms with van der Waals surface area (Å²) in [6.45, 7) is 3.79. The molecule has 0 aliphatic rings. The monoisotopic (exact) mass is 278 g/mol. The quantitative estimate of drug-likeness (QED) is 0.443. The molecule has 5 nitrogen and oxygen atoms in total. The molecule has 0 unspecified atom stereocenters. The van der Waals surface area contributed by atoms with E-state index in [2.05, 4.69) is 10.6 Å². The second kappa shape index (κ2) is 10.6. The van der Waals surface area contributed by atoms with E-state index in [0.29, 0.717) is 6.41 Å². The topological polar surface area (TPSA) is 78.4 Å². The average molecular weight is 278 g/mol. The maximum atomic E-state index is 11.1. The third-order valence-corrected chi connectivity index (χ3v) is 2.50. The van der Waals surface area contributed by atoms with E-state index in [1.54, 1.807) is 13.2 Å². The van der Waals surface area contributed by atoms with Crippen LogP contribution in [-0.4, -0.2) is 30.6 Å². The zero-order valence-electron chi connectivity index (χ0n) is 12.1. The predicted molar refractivity (Wildman–Crippen MR) is 80.1 cm³/mol. The molecule has 0 spiro atoms. The van der Waals surface area contributed by atoms with Crippen molar-refractivity contribution in [2.75, 3.05) is 7.05 Å². The van der Waals surface area contributed by atoms with Gasteiger partial charge in [0.2, 0.25) is 6.41 Å². The lowest BCUT2D eigenvalue weighted by molar-refractivity contribution is -0.140. The summed E-state index contributed by atoms with van der Waals surface area (Å²) < 4.78 is 0. The highest BCUT2D eigenvalue weighted by Crippen LogP contribution is 2.18. The molecule has 0 saturated heterocycles. The van der Waals surface area contributed by atoms with Crippen molar-refractivity contribution < 1.29 is 14.7 Å². The maximum absolute atomic E-state index is 11.1. The standard InChI is InChI=1S/C15H22N2O3/c1-4-6-8-12(7-5-2)13(10-16-3)9-14(15(19)20)17-11-18/h4-8,10-11,14,16H,9H2,1-3H3,(H,17,18)(H,19,20)/b6-4-,7-5-,12-8+,13-10-/t14-/m0/s1. The number of hydrogen-bond acceptors (Lipinski definition) is 3. The van der Waals surface area contributed by atoms with Crippen LogP contribution in [0.25, 0.3) is 0 Å². The normalized spacial score (nSPS) is 14.6. The van der Waals surface area contributed by atoms with Crippen LogP contribution in [-0.2, 0) is 9.59 Å². The molecule has 0 aliphatic heterocycles. The molecule has 0 heterocycles. The summed E-state index contributed by atoms with van der Waals surface area (Å²) in [6, 6.07) is -0.952. The number of allylic oxidation sites excluding steroid dienone is 6. The van der Waals surface area contributed by atoms with Crippen molar-refractivity contribution >= 4 is 12.4 Å². The third-order valence-electron chi connectivity index (χ3n) is 2.50. The molecule has 1 atom stereocenters. The molecule has 0 aliphatic carbocycles. The van der Waals surface area contributed by atoms with E-state index in [1.165, 1.54) is 0 Å². The highest BCUT2D eigenvalue weighted by molar-refractivity contribution is 5.77. The summed E-state index contributed by atoms with van der Waals surface area (Å²) >= 11 is 0. The Morgan fingerprint density at radius 2 is 2.00 bits per heavy atom. The zero-order chi connectivity index (χ0) is 15.4. The Kier molecular flexibility index (Phi) is 9.39. The van der Waals surface area contributed by atoms with Gasteiger partial charge in [0.15, 0.2) is 0 Å². The molecular weight excluding hydrogens is 256 g/mol. The number of aliphatic carboxylic acids is 1. The first kappa shape index (κ1) is 17.7. The van der Waals surface area contributed by atoms with Crippen molar-refractivity contribution in [2.45, 2.75) is 26.3 Å². The van der Waals surface area contributed by atoms with Gasteiger partial charge in [0.25, 0.3) is 0 Å². The van der Waals surface area contributed by atoms with E-state index >= 15 is 0 Å². The molecule has 0 fully saturated rings. The van der Waals surface area contributed by atoms with Crippen LogP contribution in [0.4, 0.5) is 0 Å². The van der Waals surface area contributed by atoms with Gasteiger partial charge in [0, 0.05) is 19.7 Å². The molecule has 0 bridgehead atoms. The number of amides is 1. The fourth-order valence-electron chi connectivity index (χ4n) is 1.60. The Hall–Kier alpha value is -2.30. The molecule has 0 aromatic carbocycles. The number of hydrogen-bond donors (Lipinski definition) is 3. The lowest BCUT2D eigenvalue weighted by Gasteiger charge is -2.15. The van der Waals surface area contributed by atoms with Gasteiger partial charge in [-0.1, -0.05) is 30.4 Å². The van der Waals surface area contributed by atoms with E-state index in [4.69, 9.17) is 5.11 Å². The van der Waals surface area contributed by atoms with Crippen LogP contribution in [0, 0.1) is 0 Å². The molecule has 0 aromatic heterocycles. The molecule has 5 heteroatoms. The van der Waals surface area contributed by atoms with Crippen molar-refractivity contribution in [2.24, 2.45) is 0 Å². The number of carbonyl (C=O) groups excluding carboxylic acids is 1. The van der Waals surface area contributed by atoms with Crippen molar-refractivity contribution in [1.29, 1.82) is 0 Å². The molecule has 20 heavy (non-hydrogen) atoms. The minimum atomic E-state index is -1.06. The Labute approximate surface area is 119 Å². The first-order valence-corrected chi connectivity index (χ1v) is 6.35. The van der Waals surface area contributed by atoms with Gasteiger partial charge in [-0.05, 0) is 25.0 Å². The average Bonchev–Trinajstić information content (AvgIpc) is 2.42. The van der Waals surface area contributed by atoms with Crippen LogP contribution in [0.1, 0.15) is 20.3 Å². The molecular formula is C15H22N2O3. The van der Waals surface area contributed by atoms with Crippen LogP contribution in [0.5, 0.6) is 0 Å². The van der Waals surface area contributed by atoms with Gasteiger partial charge < -0.3 is 15.7 Å². The van der Waals surface area contributed by atoms with Gasteiger partial charge in [0.05, 0.1) is 0 Å². The number of rotatable bonds is 9. The molecule has 0 aromatic rings. The maximum Gasteiger partial charge on any atom is 0.326 e.